The molecule has 5 heteroatoms. The Hall–Kier alpha value is -1.91. The largest absolute Gasteiger partial charge is 0.481 e. The summed E-state index contributed by atoms with van der Waals surface area (Å²) in [6, 6.07) is 6.23. The molecule has 4 nitrogen and oxygen atoms in total. The number of nitrogens with one attached hydrogen (secondary N) is 1. The molecular weight excluding hydrogens is 273 g/mol. The van der Waals surface area contributed by atoms with E-state index in [0.717, 1.165) is 5.56 Å². The van der Waals surface area contributed by atoms with Crippen LogP contribution >= 0.6 is 0 Å². The van der Waals surface area contributed by atoms with E-state index in [1.54, 1.807) is 12.1 Å². The van der Waals surface area contributed by atoms with Gasteiger partial charge >= 0.3 is 5.97 Å². The van der Waals surface area contributed by atoms with Crippen molar-refractivity contribution in [3.63, 3.8) is 0 Å². The molecule has 1 aromatic rings. The third-order valence-electron chi connectivity index (χ3n) is 4.07. The third kappa shape index (κ3) is 4.55. The van der Waals surface area contributed by atoms with Gasteiger partial charge in [-0.1, -0.05) is 12.1 Å². The van der Waals surface area contributed by atoms with Gasteiger partial charge in [-0.15, -0.1) is 0 Å². The fourth-order valence-electron chi connectivity index (χ4n) is 2.73. The second kappa shape index (κ2) is 7.20. The number of aliphatic carboxylic acids is 1. The highest BCUT2D eigenvalue weighted by atomic mass is 19.1. The van der Waals surface area contributed by atoms with Crippen LogP contribution in [0.5, 0.6) is 0 Å². The van der Waals surface area contributed by atoms with Gasteiger partial charge in [0.1, 0.15) is 5.82 Å². The van der Waals surface area contributed by atoms with E-state index in [1.165, 1.54) is 12.1 Å². The van der Waals surface area contributed by atoms with Crippen molar-refractivity contribution in [2.45, 2.75) is 32.1 Å². The lowest BCUT2D eigenvalue weighted by Gasteiger charge is -2.25. The minimum absolute atomic E-state index is 0.000880. The second-order valence-corrected chi connectivity index (χ2v) is 5.55. The number of amides is 1. The summed E-state index contributed by atoms with van der Waals surface area (Å²) >= 11 is 0. The van der Waals surface area contributed by atoms with E-state index in [4.69, 9.17) is 5.11 Å². The maximum absolute atomic E-state index is 12.8. The Morgan fingerprint density at radius 1 is 1.10 bits per heavy atom. The lowest BCUT2D eigenvalue weighted by Crippen LogP contribution is -2.35. The summed E-state index contributed by atoms with van der Waals surface area (Å²) in [5.74, 6) is -1.40. The molecule has 1 saturated carbocycles. The quantitative estimate of drug-likeness (QED) is 0.876. The van der Waals surface area contributed by atoms with Crippen LogP contribution < -0.4 is 5.32 Å². The van der Waals surface area contributed by atoms with Gasteiger partial charge < -0.3 is 10.4 Å². The van der Waals surface area contributed by atoms with Crippen LogP contribution in [0.2, 0.25) is 0 Å². The molecular formula is C16H20FNO3. The van der Waals surface area contributed by atoms with Gasteiger partial charge in [0.15, 0.2) is 0 Å². The molecule has 0 spiro atoms. The minimum Gasteiger partial charge on any atom is -0.481 e. The number of halogens is 1. The topological polar surface area (TPSA) is 66.4 Å². The van der Waals surface area contributed by atoms with E-state index in [0.29, 0.717) is 38.6 Å². The standard InChI is InChI=1S/C16H20FNO3/c17-14-7-1-11(2-8-14)9-10-18-15(19)12-3-5-13(6-4-12)16(20)21/h1-2,7-8,12-13H,3-6,9-10H2,(H,18,19)(H,20,21). The SMILES string of the molecule is O=C(O)C1CCC(C(=O)NCCc2ccc(F)cc2)CC1. The van der Waals surface area contributed by atoms with Crippen LogP contribution in [0.3, 0.4) is 0 Å². The van der Waals surface area contributed by atoms with Gasteiger partial charge in [0.25, 0.3) is 0 Å². The summed E-state index contributed by atoms with van der Waals surface area (Å²) in [6.07, 6.45) is 3.09. The maximum Gasteiger partial charge on any atom is 0.306 e. The first-order valence-electron chi connectivity index (χ1n) is 7.31. The van der Waals surface area contributed by atoms with E-state index in [2.05, 4.69) is 5.32 Å². The summed E-state index contributed by atoms with van der Waals surface area (Å²) in [4.78, 5) is 22.9. The Balaban J connectivity index is 1.70. The molecule has 0 atom stereocenters. The Morgan fingerprint density at radius 3 is 2.24 bits per heavy atom. The Labute approximate surface area is 123 Å². The molecule has 0 aromatic heterocycles. The minimum atomic E-state index is -0.759. The number of hydrogen-bond acceptors (Lipinski definition) is 2. The van der Waals surface area contributed by atoms with Crippen LogP contribution in [0.1, 0.15) is 31.2 Å². The number of rotatable bonds is 5. The Morgan fingerprint density at radius 2 is 1.67 bits per heavy atom. The van der Waals surface area contributed by atoms with Crippen LogP contribution in [0.25, 0.3) is 0 Å². The molecule has 2 N–H and O–H groups in total. The molecule has 0 heterocycles. The number of hydrogen-bond donors (Lipinski definition) is 2. The normalized spacial score (nSPS) is 21.8. The molecule has 1 amide bonds. The predicted molar refractivity (Wildman–Crippen MR) is 76.2 cm³/mol. The van der Waals surface area contributed by atoms with E-state index >= 15 is 0 Å². The molecule has 1 fully saturated rings. The lowest BCUT2D eigenvalue weighted by molar-refractivity contribution is -0.144. The van der Waals surface area contributed by atoms with Crippen molar-refractivity contribution < 1.29 is 19.1 Å². The highest BCUT2D eigenvalue weighted by Crippen LogP contribution is 2.28. The number of benzene rings is 1. The van der Waals surface area contributed by atoms with Gasteiger partial charge in [-0.25, -0.2) is 4.39 Å². The van der Waals surface area contributed by atoms with E-state index < -0.39 is 5.97 Å². The average Bonchev–Trinajstić information content (AvgIpc) is 2.49. The molecule has 2 rings (SSSR count). The zero-order valence-corrected chi connectivity index (χ0v) is 11.8. The lowest BCUT2D eigenvalue weighted by atomic mass is 9.81. The fraction of sp³-hybridized carbons (Fsp3) is 0.500. The highest BCUT2D eigenvalue weighted by Gasteiger charge is 2.29. The zero-order chi connectivity index (χ0) is 15.2. The average molecular weight is 293 g/mol. The summed E-state index contributed by atoms with van der Waals surface area (Å²) in [5, 5.41) is 11.8. The molecule has 0 radical (unpaired) electrons. The first kappa shape index (κ1) is 15.5. The first-order valence-corrected chi connectivity index (χ1v) is 7.31. The van der Waals surface area contributed by atoms with Crippen molar-refractivity contribution in [2.24, 2.45) is 11.8 Å². The van der Waals surface area contributed by atoms with Crippen LogP contribution in [0.15, 0.2) is 24.3 Å². The van der Waals surface area contributed by atoms with Gasteiger partial charge in [0, 0.05) is 12.5 Å². The van der Waals surface area contributed by atoms with Crippen molar-refractivity contribution in [2.75, 3.05) is 6.54 Å². The van der Waals surface area contributed by atoms with Gasteiger partial charge in [-0.3, -0.25) is 9.59 Å². The number of carbonyl (C=O) groups excluding carboxylic acids is 1. The molecule has 1 aliphatic rings. The van der Waals surface area contributed by atoms with Gasteiger partial charge in [0.2, 0.25) is 5.91 Å². The van der Waals surface area contributed by atoms with Crippen LogP contribution in [-0.2, 0) is 16.0 Å². The number of carboxylic acid groups (broad SMARTS) is 1. The van der Waals surface area contributed by atoms with Crippen molar-refractivity contribution in [3.05, 3.63) is 35.6 Å². The monoisotopic (exact) mass is 293 g/mol. The number of carboxylic acids is 1. The van der Waals surface area contributed by atoms with Crippen molar-refractivity contribution >= 4 is 11.9 Å². The van der Waals surface area contributed by atoms with Crippen LogP contribution in [-0.4, -0.2) is 23.5 Å². The maximum atomic E-state index is 12.8. The Bertz CT molecular complexity index is 493. The molecule has 114 valence electrons. The van der Waals surface area contributed by atoms with Crippen molar-refractivity contribution in [1.82, 2.24) is 5.32 Å². The molecule has 0 saturated heterocycles. The smallest absolute Gasteiger partial charge is 0.306 e. The third-order valence-corrected chi connectivity index (χ3v) is 4.07. The van der Waals surface area contributed by atoms with Gasteiger partial charge in [0.05, 0.1) is 5.92 Å². The molecule has 0 aliphatic heterocycles. The van der Waals surface area contributed by atoms with Crippen LogP contribution in [0.4, 0.5) is 4.39 Å². The second-order valence-electron chi connectivity index (χ2n) is 5.55. The highest BCUT2D eigenvalue weighted by molar-refractivity contribution is 5.79. The van der Waals surface area contributed by atoms with Crippen molar-refractivity contribution in [1.29, 1.82) is 0 Å². The number of carbonyl (C=O) groups is 2. The summed E-state index contributed by atoms with van der Waals surface area (Å²) < 4.78 is 12.8. The van der Waals surface area contributed by atoms with E-state index in [1.807, 2.05) is 0 Å². The first-order chi connectivity index (χ1) is 10.1. The van der Waals surface area contributed by atoms with Gasteiger partial charge in [-0.2, -0.15) is 0 Å². The molecule has 21 heavy (non-hydrogen) atoms. The van der Waals surface area contributed by atoms with E-state index in [-0.39, 0.29) is 23.6 Å². The predicted octanol–water partition coefficient (Wildman–Crippen LogP) is 2.38. The van der Waals surface area contributed by atoms with Crippen molar-refractivity contribution in [3.8, 4) is 0 Å². The molecule has 0 unspecified atom stereocenters. The molecule has 0 bridgehead atoms. The van der Waals surface area contributed by atoms with E-state index in [9.17, 15) is 14.0 Å². The fourth-order valence-corrected chi connectivity index (χ4v) is 2.73. The van der Waals surface area contributed by atoms with Crippen LogP contribution in [0, 0.1) is 17.7 Å². The molecule has 1 aliphatic carbocycles. The zero-order valence-electron chi connectivity index (χ0n) is 11.8. The molecule has 1 aromatic carbocycles. The van der Waals surface area contributed by atoms with Gasteiger partial charge in [-0.05, 0) is 49.8 Å². The summed E-state index contributed by atoms with van der Waals surface area (Å²) in [5.41, 5.74) is 0.978. The Kier molecular flexibility index (Phi) is 5.31. The summed E-state index contributed by atoms with van der Waals surface area (Å²) in [7, 11) is 0. The summed E-state index contributed by atoms with van der Waals surface area (Å²) in [6.45, 7) is 0.517.